The molecule has 4 aromatic rings. The van der Waals surface area contributed by atoms with E-state index in [-0.39, 0.29) is 23.7 Å². The summed E-state index contributed by atoms with van der Waals surface area (Å²) in [6.07, 6.45) is 0.130. The highest BCUT2D eigenvalue weighted by Gasteiger charge is 2.45. The zero-order valence-corrected chi connectivity index (χ0v) is 19.5. The van der Waals surface area contributed by atoms with Crippen LogP contribution in [0.5, 0.6) is 5.75 Å². The van der Waals surface area contributed by atoms with Crippen molar-refractivity contribution in [1.29, 1.82) is 0 Å². The number of carbonyl (C=O) groups is 1. The minimum absolute atomic E-state index is 0.00969. The van der Waals surface area contributed by atoms with Crippen molar-refractivity contribution in [3.8, 4) is 5.75 Å². The van der Waals surface area contributed by atoms with Gasteiger partial charge in [0.2, 0.25) is 0 Å². The summed E-state index contributed by atoms with van der Waals surface area (Å²) in [5, 5.41) is 13.2. The highest BCUT2D eigenvalue weighted by Crippen LogP contribution is 2.43. The Morgan fingerprint density at radius 2 is 1.62 bits per heavy atom. The summed E-state index contributed by atoms with van der Waals surface area (Å²) in [5.74, 6) is 0.132. The zero-order chi connectivity index (χ0) is 23.5. The number of thioether (sulfide) groups is 1. The lowest BCUT2D eigenvalue weighted by Crippen LogP contribution is -2.42. The molecule has 0 aromatic heterocycles. The average molecular weight is 469 g/mol. The molecule has 1 atom stereocenters. The van der Waals surface area contributed by atoms with Crippen LogP contribution in [0.3, 0.4) is 0 Å². The van der Waals surface area contributed by atoms with Crippen LogP contribution in [0.4, 0.5) is 0 Å². The van der Waals surface area contributed by atoms with Gasteiger partial charge in [0.25, 0.3) is 0 Å². The number of carbonyl (C=O) groups excluding carboxylic acids is 1. The van der Waals surface area contributed by atoms with Crippen molar-refractivity contribution >= 4 is 28.5 Å². The molecule has 0 amide bonds. The fourth-order valence-electron chi connectivity index (χ4n) is 4.13. The van der Waals surface area contributed by atoms with Crippen molar-refractivity contribution in [2.24, 2.45) is 0 Å². The van der Waals surface area contributed by atoms with Crippen molar-refractivity contribution in [3.05, 3.63) is 119 Å². The molecule has 0 radical (unpaired) electrons. The Hall–Kier alpha value is -3.70. The Balaban J connectivity index is 1.46. The summed E-state index contributed by atoms with van der Waals surface area (Å²) in [7, 11) is 0. The Morgan fingerprint density at radius 3 is 2.38 bits per heavy atom. The van der Waals surface area contributed by atoms with Gasteiger partial charge in [-0.15, -0.1) is 0 Å². The number of benzene rings is 4. The average Bonchev–Trinajstić information content (AvgIpc) is 2.86. The van der Waals surface area contributed by atoms with E-state index in [4.69, 9.17) is 9.47 Å². The first-order chi connectivity index (χ1) is 16.5. The molecule has 0 fully saturated rings. The number of fused-ring (bicyclic) bond motifs is 1. The fourth-order valence-corrected chi connectivity index (χ4v) is 5.04. The van der Waals surface area contributed by atoms with E-state index in [0.717, 1.165) is 26.8 Å². The van der Waals surface area contributed by atoms with Gasteiger partial charge in [0.15, 0.2) is 5.60 Å². The number of aliphatic hydroxyl groups excluding tert-OH is 1. The lowest BCUT2D eigenvalue weighted by atomic mass is 9.88. The molecule has 170 valence electrons. The van der Waals surface area contributed by atoms with E-state index in [0.29, 0.717) is 5.75 Å². The molecule has 34 heavy (non-hydrogen) atoms. The normalized spacial score (nSPS) is 18.1. The maximum absolute atomic E-state index is 13.2. The first-order valence-corrected chi connectivity index (χ1v) is 11.9. The van der Waals surface area contributed by atoms with E-state index >= 15 is 0 Å². The van der Waals surface area contributed by atoms with Gasteiger partial charge in [-0.1, -0.05) is 90.6 Å². The van der Waals surface area contributed by atoms with E-state index in [1.165, 1.54) is 11.8 Å². The van der Waals surface area contributed by atoms with Gasteiger partial charge < -0.3 is 14.6 Å². The molecule has 1 unspecified atom stereocenters. The van der Waals surface area contributed by atoms with Crippen molar-refractivity contribution in [1.82, 2.24) is 0 Å². The Bertz CT molecular complexity index is 1380. The molecule has 0 saturated carbocycles. The van der Waals surface area contributed by atoms with Crippen LogP contribution in [-0.4, -0.2) is 17.7 Å². The second kappa shape index (κ2) is 9.27. The van der Waals surface area contributed by atoms with Crippen LogP contribution in [0, 0.1) is 6.92 Å². The summed E-state index contributed by atoms with van der Waals surface area (Å²) in [6.45, 7) is 2.05. The van der Waals surface area contributed by atoms with Gasteiger partial charge in [0.05, 0.1) is 6.42 Å². The van der Waals surface area contributed by atoms with Crippen LogP contribution >= 0.6 is 11.8 Å². The maximum atomic E-state index is 13.2. The molecule has 0 bridgehead atoms. The smallest absolute Gasteiger partial charge is 0.349 e. The van der Waals surface area contributed by atoms with Gasteiger partial charge in [-0.3, -0.25) is 0 Å². The summed E-state index contributed by atoms with van der Waals surface area (Å²) >= 11 is 1.23. The monoisotopic (exact) mass is 468 g/mol. The SMILES string of the molecule is Cc1ccccc1SC1=C(O)CC(COc2ccc3ccccc3c2)(c2ccccc2)OC1=O. The van der Waals surface area contributed by atoms with Crippen molar-refractivity contribution in [2.75, 3.05) is 6.61 Å². The van der Waals surface area contributed by atoms with Gasteiger partial charge in [0, 0.05) is 4.90 Å². The number of aryl methyl sites for hydroxylation is 1. The number of esters is 1. The van der Waals surface area contributed by atoms with Gasteiger partial charge in [-0.05, 0) is 47.0 Å². The van der Waals surface area contributed by atoms with E-state index < -0.39 is 11.6 Å². The summed E-state index contributed by atoms with van der Waals surface area (Å²) in [5.41, 5.74) is 0.667. The second-order valence-electron chi connectivity index (χ2n) is 8.37. The van der Waals surface area contributed by atoms with Crippen LogP contribution < -0.4 is 4.74 Å². The molecule has 5 heteroatoms. The standard InChI is InChI=1S/C29H24O4S/c1-20-9-5-8-14-26(20)34-27-25(30)18-29(33-28(27)31,23-12-3-2-4-13-23)19-32-24-16-15-21-10-6-7-11-22(21)17-24/h2-17,30H,18-19H2,1H3. The Labute approximate surface area is 202 Å². The molecule has 4 aromatic carbocycles. The van der Waals surface area contributed by atoms with E-state index in [1.807, 2.05) is 104 Å². The highest BCUT2D eigenvalue weighted by atomic mass is 32.2. The van der Waals surface area contributed by atoms with Crippen LogP contribution in [0.25, 0.3) is 10.8 Å². The Kier molecular flexibility index (Phi) is 6.03. The molecule has 1 aliphatic heterocycles. The lowest BCUT2D eigenvalue weighted by molar-refractivity contribution is -0.163. The van der Waals surface area contributed by atoms with Gasteiger partial charge >= 0.3 is 5.97 Å². The predicted octanol–water partition coefficient (Wildman–Crippen LogP) is 6.93. The molecular weight excluding hydrogens is 444 g/mol. The molecule has 0 saturated heterocycles. The number of hydrogen-bond acceptors (Lipinski definition) is 5. The topological polar surface area (TPSA) is 55.8 Å². The molecule has 4 nitrogen and oxygen atoms in total. The molecule has 0 aliphatic carbocycles. The van der Waals surface area contributed by atoms with Crippen molar-refractivity contribution < 1.29 is 19.4 Å². The Morgan fingerprint density at radius 1 is 0.912 bits per heavy atom. The quantitative estimate of drug-likeness (QED) is 0.311. The largest absolute Gasteiger partial charge is 0.511 e. The predicted molar refractivity (Wildman–Crippen MR) is 135 cm³/mol. The van der Waals surface area contributed by atoms with Crippen LogP contribution in [-0.2, 0) is 15.1 Å². The number of cyclic esters (lactones) is 1. The molecular formula is C29H24O4S. The third-order valence-electron chi connectivity index (χ3n) is 5.99. The maximum Gasteiger partial charge on any atom is 0.349 e. The summed E-state index contributed by atoms with van der Waals surface area (Å²) in [4.78, 5) is 14.3. The van der Waals surface area contributed by atoms with Crippen LogP contribution in [0.2, 0.25) is 0 Å². The number of ether oxygens (including phenoxy) is 2. The van der Waals surface area contributed by atoms with Gasteiger partial charge in [-0.2, -0.15) is 0 Å². The first-order valence-electron chi connectivity index (χ1n) is 11.1. The number of hydrogen-bond donors (Lipinski definition) is 1. The third-order valence-corrected chi connectivity index (χ3v) is 7.27. The fraction of sp³-hybridized carbons (Fsp3) is 0.138. The molecule has 1 heterocycles. The highest BCUT2D eigenvalue weighted by molar-refractivity contribution is 8.04. The summed E-state index contributed by atoms with van der Waals surface area (Å²) in [6, 6.07) is 31.1. The van der Waals surface area contributed by atoms with E-state index in [9.17, 15) is 9.90 Å². The number of aliphatic hydroxyl groups is 1. The zero-order valence-electron chi connectivity index (χ0n) is 18.7. The molecule has 5 rings (SSSR count). The van der Waals surface area contributed by atoms with Crippen molar-refractivity contribution in [2.45, 2.75) is 23.8 Å². The van der Waals surface area contributed by atoms with Crippen molar-refractivity contribution in [3.63, 3.8) is 0 Å². The van der Waals surface area contributed by atoms with Gasteiger partial charge in [-0.25, -0.2) is 4.79 Å². The van der Waals surface area contributed by atoms with E-state index in [1.54, 1.807) is 0 Å². The molecule has 1 N–H and O–H groups in total. The first kappa shape index (κ1) is 22.1. The van der Waals surface area contributed by atoms with Gasteiger partial charge in [0.1, 0.15) is 23.0 Å². The van der Waals surface area contributed by atoms with Crippen LogP contribution in [0.1, 0.15) is 17.5 Å². The molecule has 0 spiro atoms. The number of rotatable bonds is 6. The second-order valence-corrected chi connectivity index (χ2v) is 9.42. The lowest BCUT2D eigenvalue weighted by Gasteiger charge is -2.37. The minimum Gasteiger partial charge on any atom is -0.511 e. The van der Waals surface area contributed by atoms with E-state index in [2.05, 4.69) is 0 Å². The minimum atomic E-state index is -1.14. The van der Waals surface area contributed by atoms with Crippen LogP contribution in [0.15, 0.2) is 113 Å². The molecule has 1 aliphatic rings. The summed E-state index contributed by atoms with van der Waals surface area (Å²) < 4.78 is 12.2. The third kappa shape index (κ3) is 4.39.